The number of hydrogen-bond acceptors (Lipinski definition) is 5. The van der Waals surface area contributed by atoms with E-state index in [-0.39, 0.29) is 24.2 Å². The fourth-order valence-corrected chi connectivity index (χ4v) is 3.15. The molecule has 142 valence electrons. The van der Waals surface area contributed by atoms with Crippen LogP contribution in [0.4, 0.5) is 17.3 Å². The number of pyridine rings is 1. The lowest BCUT2D eigenvalue weighted by molar-refractivity contribution is -0.128. The van der Waals surface area contributed by atoms with E-state index in [1.54, 1.807) is 17.0 Å². The SMILES string of the molecule is CCC1Oc2ccc(N)nc2N(CC(=O)N(CC)c2cccc(C)c2)C1=O. The number of nitrogen functional groups attached to an aromatic ring is 1. The maximum absolute atomic E-state index is 13.0. The Bertz CT molecular complexity index is 868. The van der Waals surface area contributed by atoms with Gasteiger partial charge < -0.3 is 15.4 Å². The van der Waals surface area contributed by atoms with Gasteiger partial charge in [-0.2, -0.15) is 0 Å². The number of benzene rings is 1. The van der Waals surface area contributed by atoms with Gasteiger partial charge in [0.05, 0.1) is 0 Å². The Labute approximate surface area is 158 Å². The Kier molecular flexibility index (Phi) is 5.30. The van der Waals surface area contributed by atoms with Gasteiger partial charge >= 0.3 is 0 Å². The van der Waals surface area contributed by atoms with Crippen molar-refractivity contribution in [2.24, 2.45) is 0 Å². The first-order chi connectivity index (χ1) is 12.9. The van der Waals surface area contributed by atoms with Crippen molar-refractivity contribution < 1.29 is 14.3 Å². The highest BCUT2D eigenvalue weighted by molar-refractivity contribution is 6.06. The molecule has 27 heavy (non-hydrogen) atoms. The maximum atomic E-state index is 13.0. The molecule has 1 atom stereocenters. The monoisotopic (exact) mass is 368 g/mol. The molecule has 7 nitrogen and oxygen atoms in total. The molecule has 1 aliphatic rings. The Balaban J connectivity index is 1.91. The molecule has 1 aromatic carbocycles. The molecule has 0 radical (unpaired) electrons. The first kappa shape index (κ1) is 18.7. The Hall–Kier alpha value is -3.09. The van der Waals surface area contributed by atoms with Crippen LogP contribution in [0.1, 0.15) is 25.8 Å². The number of ether oxygens (including phenoxy) is 1. The van der Waals surface area contributed by atoms with Crippen molar-refractivity contribution in [3.05, 3.63) is 42.0 Å². The molecule has 0 aliphatic carbocycles. The Morgan fingerprint density at radius 3 is 2.74 bits per heavy atom. The molecule has 0 spiro atoms. The van der Waals surface area contributed by atoms with Crippen LogP contribution in [0.3, 0.4) is 0 Å². The number of aryl methyl sites for hydroxylation is 1. The van der Waals surface area contributed by atoms with Crippen molar-refractivity contribution in [2.75, 3.05) is 28.6 Å². The molecule has 0 saturated heterocycles. The quantitative estimate of drug-likeness (QED) is 0.876. The first-order valence-electron chi connectivity index (χ1n) is 9.06. The maximum Gasteiger partial charge on any atom is 0.269 e. The summed E-state index contributed by atoms with van der Waals surface area (Å²) in [6, 6.07) is 11.0. The van der Waals surface area contributed by atoms with E-state index in [9.17, 15) is 9.59 Å². The highest BCUT2D eigenvalue weighted by Crippen LogP contribution is 2.33. The van der Waals surface area contributed by atoms with Gasteiger partial charge in [-0.1, -0.05) is 19.1 Å². The van der Waals surface area contributed by atoms with Crippen LogP contribution < -0.4 is 20.3 Å². The third-order valence-corrected chi connectivity index (χ3v) is 4.52. The number of carbonyl (C=O) groups is 2. The number of anilines is 3. The highest BCUT2D eigenvalue weighted by Gasteiger charge is 2.36. The summed E-state index contributed by atoms with van der Waals surface area (Å²) in [4.78, 5) is 33.1. The normalized spacial score (nSPS) is 15.9. The van der Waals surface area contributed by atoms with E-state index < -0.39 is 6.10 Å². The summed E-state index contributed by atoms with van der Waals surface area (Å²) in [5.74, 6) is 0.545. The second-order valence-corrected chi connectivity index (χ2v) is 6.47. The second-order valence-electron chi connectivity index (χ2n) is 6.47. The van der Waals surface area contributed by atoms with Gasteiger partial charge in [0.15, 0.2) is 17.7 Å². The van der Waals surface area contributed by atoms with Crippen molar-refractivity contribution in [2.45, 2.75) is 33.3 Å². The van der Waals surface area contributed by atoms with Gasteiger partial charge in [-0.05, 0) is 50.1 Å². The summed E-state index contributed by atoms with van der Waals surface area (Å²) in [5.41, 5.74) is 7.65. The van der Waals surface area contributed by atoms with Crippen LogP contribution in [0, 0.1) is 6.92 Å². The van der Waals surface area contributed by atoms with Crippen molar-refractivity contribution in [3.8, 4) is 5.75 Å². The van der Waals surface area contributed by atoms with Crippen LogP contribution in [0.25, 0.3) is 0 Å². The molecule has 0 fully saturated rings. The summed E-state index contributed by atoms with van der Waals surface area (Å²) in [6.45, 7) is 6.12. The summed E-state index contributed by atoms with van der Waals surface area (Å²) in [5, 5.41) is 0. The van der Waals surface area contributed by atoms with Gasteiger partial charge in [0.1, 0.15) is 12.4 Å². The largest absolute Gasteiger partial charge is 0.477 e. The minimum Gasteiger partial charge on any atom is -0.477 e. The van der Waals surface area contributed by atoms with Gasteiger partial charge in [-0.15, -0.1) is 0 Å². The van der Waals surface area contributed by atoms with Crippen molar-refractivity contribution in [1.82, 2.24) is 4.98 Å². The lowest BCUT2D eigenvalue weighted by atomic mass is 10.1. The minimum atomic E-state index is -0.634. The average Bonchev–Trinajstić information content (AvgIpc) is 2.65. The molecule has 2 heterocycles. The fraction of sp³-hybridized carbons (Fsp3) is 0.350. The molecular formula is C20H24N4O3. The molecule has 2 aromatic rings. The number of hydrogen-bond donors (Lipinski definition) is 1. The van der Waals surface area contributed by atoms with Crippen molar-refractivity contribution >= 4 is 29.1 Å². The zero-order chi connectivity index (χ0) is 19.6. The predicted molar refractivity (Wildman–Crippen MR) is 105 cm³/mol. The predicted octanol–water partition coefficient (Wildman–Crippen LogP) is 2.53. The number of rotatable bonds is 5. The topological polar surface area (TPSA) is 88.8 Å². The van der Waals surface area contributed by atoms with Gasteiger partial charge in [-0.3, -0.25) is 14.5 Å². The molecule has 7 heteroatoms. The smallest absolute Gasteiger partial charge is 0.269 e. The summed E-state index contributed by atoms with van der Waals surface area (Å²) in [6.07, 6.45) is -0.132. The van der Waals surface area contributed by atoms with E-state index in [0.717, 1.165) is 11.3 Å². The van der Waals surface area contributed by atoms with Gasteiger partial charge in [-0.25, -0.2) is 4.98 Å². The van der Waals surface area contributed by atoms with Crippen molar-refractivity contribution in [3.63, 3.8) is 0 Å². The van der Waals surface area contributed by atoms with Crippen molar-refractivity contribution in [1.29, 1.82) is 0 Å². The first-order valence-corrected chi connectivity index (χ1v) is 9.06. The molecule has 0 saturated carbocycles. The zero-order valence-electron chi connectivity index (χ0n) is 15.8. The fourth-order valence-electron chi connectivity index (χ4n) is 3.15. The highest BCUT2D eigenvalue weighted by atomic mass is 16.5. The summed E-state index contributed by atoms with van der Waals surface area (Å²) in [7, 11) is 0. The molecule has 3 rings (SSSR count). The molecule has 1 aromatic heterocycles. The van der Waals surface area contributed by atoms with Gasteiger partial charge in [0.25, 0.3) is 5.91 Å². The molecule has 2 N–H and O–H groups in total. The van der Waals surface area contributed by atoms with Gasteiger partial charge in [0.2, 0.25) is 5.91 Å². The van der Waals surface area contributed by atoms with Gasteiger partial charge in [0, 0.05) is 12.2 Å². The molecule has 0 bridgehead atoms. The number of amides is 2. The van der Waals surface area contributed by atoms with Crippen LogP contribution in [0.2, 0.25) is 0 Å². The molecule has 1 aliphatic heterocycles. The van der Waals surface area contributed by atoms with E-state index >= 15 is 0 Å². The molecular weight excluding hydrogens is 344 g/mol. The Morgan fingerprint density at radius 1 is 1.30 bits per heavy atom. The summed E-state index contributed by atoms with van der Waals surface area (Å²) < 4.78 is 5.71. The molecule has 2 amide bonds. The lowest BCUT2D eigenvalue weighted by Gasteiger charge is -2.34. The number of nitrogens with zero attached hydrogens (tertiary/aromatic N) is 3. The van der Waals surface area contributed by atoms with E-state index in [1.807, 2.05) is 45.0 Å². The second kappa shape index (κ2) is 7.65. The lowest BCUT2D eigenvalue weighted by Crippen LogP contribution is -2.50. The number of fused-ring (bicyclic) bond motifs is 1. The van der Waals surface area contributed by atoms with E-state index in [1.165, 1.54) is 4.90 Å². The number of aromatic nitrogens is 1. The third kappa shape index (κ3) is 3.72. The number of nitrogens with two attached hydrogens (primary N) is 1. The number of carbonyl (C=O) groups excluding carboxylic acids is 2. The number of likely N-dealkylation sites (N-methyl/N-ethyl adjacent to an activating group) is 1. The van der Waals surface area contributed by atoms with E-state index in [0.29, 0.717) is 24.5 Å². The van der Waals surface area contributed by atoms with Crippen LogP contribution in [0.15, 0.2) is 36.4 Å². The molecule has 1 unspecified atom stereocenters. The van der Waals surface area contributed by atoms with Crippen LogP contribution in [0.5, 0.6) is 5.75 Å². The van der Waals surface area contributed by atoms with Crippen LogP contribution in [-0.4, -0.2) is 36.0 Å². The Morgan fingerprint density at radius 2 is 2.07 bits per heavy atom. The zero-order valence-corrected chi connectivity index (χ0v) is 15.8. The van der Waals surface area contributed by atoms with E-state index in [2.05, 4.69) is 4.98 Å². The standard InChI is InChI=1S/C20H24N4O3/c1-4-15-20(26)24(19-16(27-15)9-10-17(21)22-19)12-18(25)23(5-2)14-8-6-7-13(3)11-14/h6-11,15H,4-5,12H2,1-3H3,(H2,21,22). The average molecular weight is 368 g/mol. The van der Waals surface area contributed by atoms with Crippen LogP contribution in [-0.2, 0) is 9.59 Å². The summed E-state index contributed by atoms with van der Waals surface area (Å²) >= 11 is 0. The minimum absolute atomic E-state index is 0.121. The van der Waals surface area contributed by atoms with E-state index in [4.69, 9.17) is 10.5 Å². The van der Waals surface area contributed by atoms with Crippen LogP contribution >= 0.6 is 0 Å². The third-order valence-electron chi connectivity index (χ3n) is 4.52.